The van der Waals surface area contributed by atoms with Crippen LogP contribution in [0.5, 0.6) is 5.75 Å². The zero-order chi connectivity index (χ0) is 19.7. The van der Waals surface area contributed by atoms with Crippen LogP contribution in [0.25, 0.3) is 11.0 Å². The molecule has 1 aromatic carbocycles. The van der Waals surface area contributed by atoms with Gasteiger partial charge in [0.05, 0.1) is 31.7 Å². The van der Waals surface area contributed by atoms with Crippen molar-refractivity contribution in [1.82, 2.24) is 9.97 Å². The summed E-state index contributed by atoms with van der Waals surface area (Å²) >= 11 is 0. The number of phenols is 1. The van der Waals surface area contributed by atoms with Gasteiger partial charge in [-0.25, -0.2) is 14.8 Å². The van der Waals surface area contributed by atoms with Crippen LogP contribution in [0.15, 0.2) is 39.8 Å². The second kappa shape index (κ2) is 7.59. The fraction of sp³-hybridized carbons (Fsp3) is 0.381. The molecule has 2 N–H and O–H groups in total. The van der Waals surface area contributed by atoms with Crippen molar-refractivity contribution in [2.45, 2.75) is 26.8 Å². The van der Waals surface area contributed by atoms with Crippen LogP contribution in [0.1, 0.15) is 23.6 Å². The van der Waals surface area contributed by atoms with Crippen molar-refractivity contribution in [3.63, 3.8) is 0 Å². The molecule has 0 atom stereocenters. The number of piperazine rings is 1. The first-order chi connectivity index (χ1) is 13.6. The van der Waals surface area contributed by atoms with E-state index in [0.717, 1.165) is 60.6 Å². The Bertz CT molecular complexity index is 1040. The summed E-state index contributed by atoms with van der Waals surface area (Å²) in [6.45, 7) is 8.02. The lowest BCUT2D eigenvalue weighted by molar-refractivity contribution is -0.914. The van der Waals surface area contributed by atoms with Gasteiger partial charge in [0.2, 0.25) is 5.95 Å². The molecule has 0 radical (unpaired) electrons. The molecule has 2 aromatic heterocycles. The van der Waals surface area contributed by atoms with E-state index in [4.69, 9.17) is 4.42 Å². The molecule has 0 aliphatic carbocycles. The first-order valence-corrected chi connectivity index (χ1v) is 9.70. The minimum atomic E-state index is -0.379. The third-order valence-corrected chi connectivity index (χ3v) is 5.50. The van der Waals surface area contributed by atoms with E-state index in [1.165, 1.54) is 11.0 Å². The van der Waals surface area contributed by atoms with E-state index in [9.17, 15) is 9.90 Å². The predicted octanol–water partition coefficient (Wildman–Crippen LogP) is 1.06. The topological polar surface area (TPSA) is 83.9 Å². The van der Waals surface area contributed by atoms with Gasteiger partial charge in [-0.3, -0.25) is 0 Å². The number of benzene rings is 1. The van der Waals surface area contributed by atoms with Crippen LogP contribution >= 0.6 is 0 Å². The maximum atomic E-state index is 11.9. The Morgan fingerprint density at radius 1 is 1.21 bits per heavy atom. The maximum absolute atomic E-state index is 11.9. The van der Waals surface area contributed by atoms with Gasteiger partial charge in [0.25, 0.3) is 0 Å². The number of anilines is 1. The summed E-state index contributed by atoms with van der Waals surface area (Å²) in [7, 11) is 0. The highest BCUT2D eigenvalue weighted by atomic mass is 16.4. The first kappa shape index (κ1) is 18.4. The Balaban J connectivity index is 1.61. The summed E-state index contributed by atoms with van der Waals surface area (Å²) in [5, 5.41) is 11.7. The number of phenolic OH excluding ortho intramolecular Hbond substituents is 1. The number of nitrogens with one attached hydrogen (secondary N) is 1. The van der Waals surface area contributed by atoms with Gasteiger partial charge in [-0.1, -0.05) is 6.92 Å². The van der Waals surface area contributed by atoms with Gasteiger partial charge in [0.15, 0.2) is 5.58 Å². The molecule has 1 aliphatic rings. The molecule has 0 bridgehead atoms. The van der Waals surface area contributed by atoms with E-state index in [2.05, 4.69) is 14.9 Å². The van der Waals surface area contributed by atoms with Crippen LogP contribution in [0, 0.1) is 6.92 Å². The van der Waals surface area contributed by atoms with E-state index in [1.807, 2.05) is 26.0 Å². The second-order valence-electron chi connectivity index (χ2n) is 7.30. The third-order valence-electron chi connectivity index (χ3n) is 5.50. The molecule has 3 heterocycles. The first-order valence-electron chi connectivity index (χ1n) is 9.70. The SMILES string of the molecule is CCc1cc2c(C)cc(=O)oc2c(C[NH+]2CCN(c3ncccn3)CC2)c1O. The quantitative estimate of drug-likeness (QED) is 0.658. The van der Waals surface area contributed by atoms with E-state index in [1.54, 1.807) is 12.4 Å². The Labute approximate surface area is 163 Å². The van der Waals surface area contributed by atoms with Gasteiger partial charge in [0.1, 0.15) is 12.3 Å². The van der Waals surface area contributed by atoms with Gasteiger partial charge < -0.3 is 19.3 Å². The molecule has 1 aliphatic heterocycles. The van der Waals surface area contributed by atoms with Crippen LogP contribution in [-0.2, 0) is 13.0 Å². The molecule has 1 saturated heterocycles. The Morgan fingerprint density at radius 2 is 1.93 bits per heavy atom. The van der Waals surface area contributed by atoms with Crippen molar-refractivity contribution in [1.29, 1.82) is 0 Å². The number of rotatable bonds is 4. The largest absolute Gasteiger partial charge is 0.507 e. The smallest absolute Gasteiger partial charge is 0.336 e. The predicted molar refractivity (Wildman–Crippen MR) is 107 cm³/mol. The average molecular weight is 381 g/mol. The minimum absolute atomic E-state index is 0.255. The fourth-order valence-electron chi connectivity index (χ4n) is 3.90. The standard InChI is InChI=1S/C21H24N4O3/c1-3-15-12-16-14(2)11-18(26)28-20(16)17(19(15)27)13-24-7-9-25(10-8-24)21-22-5-4-6-23-21/h4-6,11-12,27H,3,7-10,13H2,1-2H3/p+1. The number of aromatic hydroxyl groups is 1. The molecule has 146 valence electrons. The summed E-state index contributed by atoms with van der Waals surface area (Å²) in [4.78, 5) is 24.1. The van der Waals surface area contributed by atoms with E-state index >= 15 is 0 Å². The lowest BCUT2D eigenvalue weighted by Crippen LogP contribution is -3.13. The number of aryl methyl sites for hydroxylation is 2. The van der Waals surface area contributed by atoms with Crippen molar-refractivity contribution in [3.05, 3.63) is 57.7 Å². The van der Waals surface area contributed by atoms with Crippen LogP contribution in [0.3, 0.4) is 0 Å². The van der Waals surface area contributed by atoms with Crippen LogP contribution in [0.2, 0.25) is 0 Å². The molecule has 28 heavy (non-hydrogen) atoms. The Morgan fingerprint density at radius 3 is 2.61 bits per heavy atom. The number of quaternary nitrogens is 1. The summed E-state index contributed by atoms with van der Waals surface area (Å²) < 4.78 is 5.53. The number of fused-ring (bicyclic) bond motifs is 1. The van der Waals surface area contributed by atoms with Crippen LogP contribution in [0.4, 0.5) is 5.95 Å². The molecule has 0 saturated carbocycles. The molecule has 1 fully saturated rings. The maximum Gasteiger partial charge on any atom is 0.336 e. The normalized spacial score (nSPS) is 15.3. The summed E-state index contributed by atoms with van der Waals surface area (Å²) in [6, 6.07) is 5.26. The van der Waals surface area contributed by atoms with Crippen molar-refractivity contribution < 1.29 is 14.4 Å². The lowest BCUT2D eigenvalue weighted by atomic mass is 9.99. The zero-order valence-electron chi connectivity index (χ0n) is 16.2. The molecule has 4 rings (SSSR count). The van der Waals surface area contributed by atoms with Crippen molar-refractivity contribution in [2.75, 3.05) is 31.1 Å². The molecular weight excluding hydrogens is 356 g/mol. The summed E-state index contributed by atoms with van der Waals surface area (Å²) in [6.07, 6.45) is 4.24. The molecule has 0 unspecified atom stereocenters. The lowest BCUT2D eigenvalue weighted by Gasteiger charge is -2.32. The summed E-state index contributed by atoms with van der Waals surface area (Å²) in [5.74, 6) is 1.01. The Hall–Kier alpha value is -2.93. The van der Waals surface area contributed by atoms with Crippen molar-refractivity contribution in [3.8, 4) is 5.75 Å². The number of hydrogen-bond acceptors (Lipinski definition) is 6. The van der Waals surface area contributed by atoms with Crippen molar-refractivity contribution in [2.24, 2.45) is 0 Å². The average Bonchev–Trinajstić information content (AvgIpc) is 2.71. The van der Waals surface area contributed by atoms with Gasteiger partial charge in [-0.05, 0) is 36.6 Å². The molecule has 0 amide bonds. The van der Waals surface area contributed by atoms with Crippen LogP contribution in [-0.4, -0.2) is 41.3 Å². The fourth-order valence-corrected chi connectivity index (χ4v) is 3.90. The molecule has 3 aromatic rings. The van der Waals surface area contributed by atoms with Gasteiger partial charge in [0, 0.05) is 23.8 Å². The van der Waals surface area contributed by atoms with E-state index in [-0.39, 0.29) is 11.4 Å². The molecular formula is C21H25N4O3+. The highest BCUT2D eigenvalue weighted by molar-refractivity contribution is 5.86. The second-order valence-corrected chi connectivity index (χ2v) is 7.30. The molecule has 7 nitrogen and oxygen atoms in total. The van der Waals surface area contributed by atoms with E-state index in [0.29, 0.717) is 12.1 Å². The highest BCUT2D eigenvalue weighted by Gasteiger charge is 2.25. The van der Waals surface area contributed by atoms with E-state index < -0.39 is 0 Å². The third kappa shape index (κ3) is 3.45. The minimum Gasteiger partial charge on any atom is -0.507 e. The van der Waals surface area contributed by atoms with Gasteiger partial charge in [-0.15, -0.1) is 0 Å². The van der Waals surface area contributed by atoms with Crippen LogP contribution < -0.4 is 15.4 Å². The number of aromatic nitrogens is 2. The number of nitrogens with zero attached hydrogens (tertiary/aromatic N) is 3. The molecule has 0 spiro atoms. The highest BCUT2D eigenvalue weighted by Crippen LogP contribution is 2.32. The molecule has 7 heteroatoms. The van der Waals surface area contributed by atoms with Gasteiger partial charge in [-0.2, -0.15) is 0 Å². The number of hydrogen-bond donors (Lipinski definition) is 2. The Kier molecular flexibility index (Phi) is 5.00. The zero-order valence-corrected chi connectivity index (χ0v) is 16.2. The van der Waals surface area contributed by atoms with Gasteiger partial charge >= 0.3 is 5.63 Å². The van der Waals surface area contributed by atoms with Crippen molar-refractivity contribution >= 4 is 16.9 Å². The summed E-state index contributed by atoms with van der Waals surface area (Å²) in [5.41, 5.74) is 2.63. The monoisotopic (exact) mass is 381 g/mol.